The zero-order valence-electron chi connectivity index (χ0n) is 20.2. The number of rotatable bonds is 3. The van der Waals surface area contributed by atoms with Crippen LogP contribution < -0.4 is 4.90 Å². The van der Waals surface area contributed by atoms with Gasteiger partial charge in [0.05, 0.1) is 29.2 Å². The van der Waals surface area contributed by atoms with Crippen LogP contribution >= 0.6 is 0 Å². The van der Waals surface area contributed by atoms with Crippen molar-refractivity contribution in [3.05, 3.63) is 101 Å². The van der Waals surface area contributed by atoms with E-state index in [0.29, 0.717) is 11.3 Å². The van der Waals surface area contributed by atoms with Crippen LogP contribution in [-0.4, -0.2) is 23.9 Å². The first-order valence-corrected chi connectivity index (χ1v) is 12.1. The smallest absolute Gasteiger partial charge is 0.338 e. The van der Waals surface area contributed by atoms with Gasteiger partial charge in [-0.05, 0) is 54.3 Å². The molecule has 2 atom stereocenters. The molecule has 3 aromatic rings. The minimum atomic E-state index is -0.634. The third-order valence-electron chi connectivity index (χ3n) is 8.33. The van der Waals surface area contributed by atoms with Gasteiger partial charge in [-0.15, -0.1) is 0 Å². The molecule has 5 nitrogen and oxygen atoms in total. The van der Waals surface area contributed by atoms with Crippen molar-refractivity contribution >= 4 is 23.5 Å². The van der Waals surface area contributed by atoms with Crippen molar-refractivity contribution in [2.75, 3.05) is 4.90 Å². The minimum Gasteiger partial charge on any atom is -0.459 e. The third-order valence-corrected chi connectivity index (χ3v) is 8.33. The van der Waals surface area contributed by atoms with Crippen LogP contribution in [0.25, 0.3) is 0 Å². The van der Waals surface area contributed by atoms with Crippen molar-refractivity contribution in [1.29, 1.82) is 0 Å². The standard InChI is InChI=1S/C30H27NO4/c1-17(2)35-28(34)18-10-9-11-19(16-18)31-26(32)24-25(27(31)33)30(4)22-14-7-5-12-20(22)29(24,3)21-13-6-8-15-23(21)30/h5-17,24-25H,1-4H3/t24-,25-,29?,30?/m0/s1. The summed E-state index contributed by atoms with van der Waals surface area (Å²) in [7, 11) is 0. The molecular formula is C30H27NO4. The molecule has 0 radical (unpaired) electrons. The zero-order chi connectivity index (χ0) is 24.7. The summed E-state index contributed by atoms with van der Waals surface area (Å²) in [5, 5.41) is 0. The Morgan fingerprint density at radius 2 is 1.23 bits per heavy atom. The predicted octanol–water partition coefficient (Wildman–Crippen LogP) is 5.00. The van der Waals surface area contributed by atoms with Crippen molar-refractivity contribution < 1.29 is 19.1 Å². The van der Waals surface area contributed by atoms with Crippen LogP contribution in [0.15, 0.2) is 72.8 Å². The number of imide groups is 1. The molecule has 5 heteroatoms. The van der Waals surface area contributed by atoms with Crippen molar-refractivity contribution in [3.63, 3.8) is 0 Å². The highest BCUT2D eigenvalue weighted by atomic mass is 16.5. The number of hydrogen-bond donors (Lipinski definition) is 0. The van der Waals surface area contributed by atoms with E-state index in [4.69, 9.17) is 4.74 Å². The third kappa shape index (κ3) is 2.61. The number of ether oxygens (including phenoxy) is 1. The Hall–Kier alpha value is -3.73. The fraction of sp³-hybridized carbons (Fsp3) is 0.300. The van der Waals surface area contributed by atoms with Crippen LogP contribution in [0.3, 0.4) is 0 Å². The van der Waals surface area contributed by atoms with Crippen molar-refractivity contribution in [2.45, 2.75) is 44.6 Å². The molecule has 35 heavy (non-hydrogen) atoms. The molecule has 0 unspecified atom stereocenters. The SMILES string of the molecule is CC(C)OC(=O)c1cccc(N2C(=O)[C@@H]3[C@@H](C2=O)C2(C)c4ccccc4C3(C)c3ccccc32)c1. The van der Waals surface area contributed by atoms with Crippen molar-refractivity contribution in [3.8, 4) is 0 Å². The average Bonchev–Trinajstić information content (AvgIpc) is 3.13. The van der Waals surface area contributed by atoms with Gasteiger partial charge in [-0.3, -0.25) is 9.59 Å². The molecule has 1 heterocycles. The number of anilines is 1. The largest absolute Gasteiger partial charge is 0.459 e. The minimum absolute atomic E-state index is 0.216. The van der Waals surface area contributed by atoms with Crippen LogP contribution in [0.2, 0.25) is 0 Å². The maximum absolute atomic E-state index is 14.2. The first-order chi connectivity index (χ1) is 16.7. The van der Waals surface area contributed by atoms with E-state index in [2.05, 4.69) is 38.1 Å². The highest BCUT2D eigenvalue weighted by Gasteiger charge is 2.70. The van der Waals surface area contributed by atoms with Gasteiger partial charge in [-0.25, -0.2) is 9.69 Å². The lowest BCUT2D eigenvalue weighted by Gasteiger charge is -2.57. The fourth-order valence-electron chi connectivity index (χ4n) is 6.88. The van der Waals surface area contributed by atoms with Crippen LogP contribution in [0.5, 0.6) is 0 Å². The Labute approximate surface area is 204 Å². The Morgan fingerprint density at radius 3 is 1.66 bits per heavy atom. The van der Waals surface area contributed by atoms with E-state index >= 15 is 0 Å². The monoisotopic (exact) mass is 465 g/mol. The number of hydrogen-bond acceptors (Lipinski definition) is 4. The van der Waals surface area contributed by atoms with Crippen LogP contribution in [-0.2, 0) is 25.2 Å². The Bertz CT molecular complexity index is 1300. The van der Waals surface area contributed by atoms with E-state index in [1.165, 1.54) is 4.90 Å². The molecule has 3 aromatic carbocycles. The molecule has 4 aliphatic rings. The quantitative estimate of drug-likeness (QED) is 0.404. The van der Waals surface area contributed by atoms with Gasteiger partial charge >= 0.3 is 5.97 Å². The lowest BCUT2D eigenvalue weighted by molar-refractivity contribution is -0.124. The number of esters is 1. The van der Waals surface area contributed by atoms with Crippen LogP contribution in [0.1, 0.15) is 60.3 Å². The molecule has 1 saturated heterocycles. The maximum Gasteiger partial charge on any atom is 0.338 e. The highest BCUT2D eigenvalue weighted by molar-refractivity contribution is 6.24. The molecule has 2 bridgehead atoms. The van der Waals surface area contributed by atoms with E-state index in [9.17, 15) is 14.4 Å². The zero-order valence-corrected chi connectivity index (χ0v) is 20.2. The molecule has 3 aliphatic carbocycles. The second-order valence-electron chi connectivity index (χ2n) is 10.5. The number of amides is 2. The summed E-state index contributed by atoms with van der Waals surface area (Å²) in [6.07, 6.45) is -0.267. The summed E-state index contributed by atoms with van der Waals surface area (Å²) in [6.45, 7) is 7.78. The normalized spacial score (nSPS) is 28.1. The maximum atomic E-state index is 14.2. The van der Waals surface area contributed by atoms with Crippen LogP contribution in [0, 0.1) is 11.8 Å². The summed E-state index contributed by atoms with van der Waals surface area (Å²) >= 11 is 0. The first kappa shape index (κ1) is 21.8. The van der Waals surface area contributed by atoms with Gasteiger partial charge in [0.25, 0.3) is 0 Å². The van der Waals surface area contributed by atoms with Gasteiger partial charge in [0.15, 0.2) is 0 Å². The highest BCUT2D eigenvalue weighted by Crippen LogP contribution is 2.66. The number of nitrogens with zero attached hydrogens (tertiary/aromatic N) is 1. The van der Waals surface area contributed by atoms with E-state index in [1.54, 1.807) is 38.1 Å². The summed E-state index contributed by atoms with van der Waals surface area (Å²) in [5.41, 5.74) is 3.90. The van der Waals surface area contributed by atoms with Gasteiger partial charge in [0.2, 0.25) is 11.8 Å². The fourth-order valence-corrected chi connectivity index (χ4v) is 6.88. The summed E-state index contributed by atoms with van der Waals surface area (Å²) in [6, 6.07) is 23.1. The summed E-state index contributed by atoms with van der Waals surface area (Å²) < 4.78 is 5.34. The van der Waals surface area contributed by atoms with E-state index in [1.807, 2.05) is 24.3 Å². The number of carbonyl (C=O) groups is 3. The van der Waals surface area contributed by atoms with Gasteiger partial charge in [-0.2, -0.15) is 0 Å². The lowest BCUT2D eigenvalue weighted by atomic mass is 9.42. The number of benzene rings is 3. The molecule has 0 aromatic heterocycles. The van der Waals surface area contributed by atoms with E-state index < -0.39 is 28.6 Å². The van der Waals surface area contributed by atoms with Crippen molar-refractivity contribution in [2.24, 2.45) is 11.8 Å². The summed E-state index contributed by atoms with van der Waals surface area (Å²) in [4.78, 5) is 42.2. The second kappa shape index (κ2) is 7.14. The lowest BCUT2D eigenvalue weighted by Crippen LogP contribution is -2.59. The second-order valence-corrected chi connectivity index (χ2v) is 10.5. The van der Waals surface area contributed by atoms with Crippen LogP contribution in [0.4, 0.5) is 5.69 Å². The first-order valence-electron chi connectivity index (χ1n) is 12.1. The molecule has 1 aliphatic heterocycles. The molecular weight excluding hydrogens is 438 g/mol. The molecule has 0 spiro atoms. The average molecular weight is 466 g/mol. The van der Waals surface area contributed by atoms with Gasteiger partial charge in [0.1, 0.15) is 0 Å². The molecule has 2 amide bonds. The van der Waals surface area contributed by atoms with Gasteiger partial charge in [0, 0.05) is 10.8 Å². The predicted molar refractivity (Wildman–Crippen MR) is 132 cm³/mol. The molecule has 0 N–H and O–H groups in total. The topological polar surface area (TPSA) is 63.7 Å². The van der Waals surface area contributed by atoms with E-state index in [0.717, 1.165) is 22.3 Å². The van der Waals surface area contributed by atoms with Gasteiger partial charge in [-0.1, -0.05) is 68.4 Å². The molecule has 1 fully saturated rings. The number of carbonyl (C=O) groups excluding carboxylic acids is 3. The molecule has 7 rings (SSSR count). The molecule has 0 saturated carbocycles. The van der Waals surface area contributed by atoms with Crippen molar-refractivity contribution in [1.82, 2.24) is 0 Å². The Morgan fingerprint density at radius 1 is 0.771 bits per heavy atom. The van der Waals surface area contributed by atoms with E-state index in [-0.39, 0.29) is 17.9 Å². The Kier molecular flexibility index (Phi) is 4.44. The summed E-state index contributed by atoms with van der Waals surface area (Å²) in [5.74, 6) is -1.97. The van der Waals surface area contributed by atoms with Gasteiger partial charge < -0.3 is 4.74 Å². The molecule has 176 valence electrons. The Balaban J connectivity index is 1.53.